The summed E-state index contributed by atoms with van der Waals surface area (Å²) in [5, 5.41) is 17.8. The highest BCUT2D eigenvalue weighted by molar-refractivity contribution is 7.99. The number of aliphatic carboxylic acids is 1. The van der Waals surface area contributed by atoms with Crippen molar-refractivity contribution in [3.63, 3.8) is 0 Å². The second-order valence-corrected chi connectivity index (χ2v) is 5.99. The van der Waals surface area contributed by atoms with Crippen LogP contribution in [0.5, 0.6) is 0 Å². The molecule has 0 bridgehead atoms. The zero-order chi connectivity index (χ0) is 14.3. The zero-order valence-corrected chi connectivity index (χ0v) is 12.7. The topological polar surface area (TPSA) is 68.0 Å². The molecule has 6 heteroatoms. The van der Waals surface area contributed by atoms with Crippen LogP contribution in [0.4, 0.5) is 0 Å². The normalized spacial score (nSPS) is 11.2. The van der Waals surface area contributed by atoms with E-state index < -0.39 is 5.97 Å². The molecule has 0 saturated heterocycles. The lowest BCUT2D eigenvalue weighted by Gasteiger charge is -2.11. The predicted octanol–water partition coefficient (Wildman–Crippen LogP) is 2.84. The van der Waals surface area contributed by atoms with Crippen LogP contribution in [0.1, 0.15) is 45.9 Å². The lowest BCUT2D eigenvalue weighted by Crippen LogP contribution is -2.11. The van der Waals surface area contributed by atoms with Crippen molar-refractivity contribution < 1.29 is 9.90 Å². The van der Waals surface area contributed by atoms with Gasteiger partial charge in [0.2, 0.25) is 0 Å². The van der Waals surface area contributed by atoms with Crippen LogP contribution in [0.2, 0.25) is 0 Å². The summed E-state index contributed by atoms with van der Waals surface area (Å²) in [6, 6.07) is 0. The van der Waals surface area contributed by atoms with E-state index in [2.05, 4.69) is 35.5 Å². The minimum Gasteiger partial charge on any atom is -0.481 e. The summed E-state index contributed by atoms with van der Waals surface area (Å²) in [7, 11) is 0. The smallest absolute Gasteiger partial charge is 0.313 e. The van der Waals surface area contributed by atoms with E-state index in [9.17, 15) is 4.79 Å². The molecule has 108 valence electrons. The highest BCUT2D eigenvalue weighted by Crippen LogP contribution is 2.19. The molecular formula is C13H23N3O2S. The molecular weight excluding hydrogens is 262 g/mol. The van der Waals surface area contributed by atoms with Crippen LogP contribution < -0.4 is 0 Å². The van der Waals surface area contributed by atoms with Gasteiger partial charge in [-0.05, 0) is 12.3 Å². The van der Waals surface area contributed by atoms with Crippen molar-refractivity contribution in [1.29, 1.82) is 0 Å². The molecule has 0 aliphatic rings. The maximum Gasteiger partial charge on any atom is 0.313 e. The average Bonchev–Trinajstić information content (AvgIpc) is 2.69. The van der Waals surface area contributed by atoms with Crippen molar-refractivity contribution in [2.24, 2.45) is 5.92 Å². The van der Waals surface area contributed by atoms with Crippen molar-refractivity contribution in [2.45, 2.75) is 58.2 Å². The summed E-state index contributed by atoms with van der Waals surface area (Å²) in [6.45, 7) is 7.30. The maximum absolute atomic E-state index is 10.6. The van der Waals surface area contributed by atoms with Crippen LogP contribution in [0, 0.1) is 5.92 Å². The van der Waals surface area contributed by atoms with Gasteiger partial charge in [-0.25, -0.2) is 0 Å². The molecule has 0 aliphatic carbocycles. The van der Waals surface area contributed by atoms with Crippen LogP contribution >= 0.6 is 11.8 Å². The van der Waals surface area contributed by atoms with E-state index in [4.69, 9.17) is 5.11 Å². The number of aryl methyl sites for hydroxylation is 1. The first-order valence-electron chi connectivity index (χ1n) is 6.81. The monoisotopic (exact) mass is 285 g/mol. The zero-order valence-electron chi connectivity index (χ0n) is 11.9. The number of thioether (sulfide) groups is 1. The Morgan fingerprint density at radius 1 is 1.37 bits per heavy atom. The molecule has 0 radical (unpaired) electrons. The molecule has 1 aromatic heterocycles. The third-order valence-electron chi connectivity index (χ3n) is 2.67. The summed E-state index contributed by atoms with van der Waals surface area (Å²) >= 11 is 1.25. The van der Waals surface area contributed by atoms with Crippen LogP contribution in [0.3, 0.4) is 0 Å². The number of hydrogen-bond acceptors (Lipinski definition) is 4. The summed E-state index contributed by atoms with van der Waals surface area (Å²) in [4.78, 5) is 10.6. The molecule has 0 amide bonds. The number of aromatic nitrogens is 3. The summed E-state index contributed by atoms with van der Waals surface area (Å²) in [5.74, 6) is 0.683. The second kappa shape index (κ2) is 8.19. The van der Waals surface area contributed by atoms with Gasteiger partial charge in [0, 0.05) is 13.0 Å². The Balaban J connectivity index is 2.75. The van der Waals surface area contributed by atoms with E-state index in [1.54, 1.807) is 0 Å². The van der Waals surface area contributed by atoms with Crippen molar-refractivity contribution in [3.05, 3.63) is 5.82 Å². The fraction of sp³-hybridized carbons (Fsp3) is 0.769. The lowest BCUT2D eigenvalue weighted by molar-refractivity contribution is -0.133. The Bertz CT molecular complexity index is 405. The van der Waals surface area contributed by atoms with Gasteiger partial charge in [0.1, 0.15) is 5.82 Å². The molecule has 1 N–H and O–H groups in total. The van der Waals surface area contributed by atoms with Crippen molar-refractivity contribution >= 4 is 17.7 Å². The van der Waals surface area contributed by atoms with Crippen LogP contribution in [-0.4, -0.2) is 31.6 Å². The van der Waals surface area contributed by atoms with Gasteiger partial charge in [-0.2, -0.15) is 0 Å². The van der Waals surface area contributed by atoms with Crippen LogP contribution in [0.15, 0.2) is 5.16 Å². The Morgan fingerprint density at radius 3 is 2.68 bits per heavy atom. The third kappa shape index (κ3) is 5.63. The predicted molar refractivity (Wildman–Crippen MR) is 76.4 cm³/mol. The van der Waals surface area contributed by atoms with Crippen LogP contribution in [-0.2, 0) is 17.8 Å². The molecule has 0 unspecified atom stereocenters. The molecule has 1 rings (SSSR count). The maximum atomic E-state index is 10.6. The first kappa shape index (κ1) is 16.0. The first-order valence-corrected chi connectivity index (χ1v) is 7.79. The average molecular weight is 285 g/mol. The molecule has 1 heterocycles. The molecule has 0 atom stereocenters. The molecule has 5 nitrogen and oxygen atoms in total. The fourth-order valence-electron chi connectivity index (χ4n) is 1.82. The van der Waals surface area contributed by atoms with Gasteiger partial charge < -0.3 is 9.67 Å². The van der Waals surface area contributed by atoms with Gasteiger partial charge in [-0.1, -0.05) is 45.4 Å². The molecule has 19 heavy (non-hydrogen) atoms. The van der Waals surface area contributed by atoms with Gasteiger partial charge in [-0.3, -0.25) is 4.79 Å². The number of carboxylic acid groups (broad SMARTS) is 1. The molecule has 0 saturated carbocycles. The van der Waals surface area contributed by atoms with Crippen molar-refractivity contribution in [2.75, 3.05) is 5.75 Å². The fourth-order valence-corrected chi connectivity index (χ4v) is 2.51. The van der Waals surface area contributed by atoms with E-state index in [1.165, 1.54) is 24.6 Å². The van der Waals surface area contributed by atoms with E-state index in [0.29, 0.717) is 5.92 Å². The molecule has 0 aromatic carbocycles. The van der Waals surface area contributed by atoms with Crippen molar-refractivity contribution in [3.8, 4) is 0 Å². The SMILES string of the molecule is CCCCCc1nnc(SCC(=O)O)n1CC(C)C. The Hall–Kier alpha value is -1.04. The van der Waals surface area contributed by atoms with Gasteiger partial charge in [0.15, 0.2) is 5.16 Å². The quantitative estimate of drug-likeness (QED) is 0.558. The first-order chi connectivity index (χ1) is 9.04. The largest absolute Gasteiger partial charge is 0.481 e. The minimum atomic E-state index is -0.823. The summed E-state index contributed by atoms with van der Waals surface area (Å²) in [5.41, 5.74) is 0. The highest BCUT2D eigenvalue weighted by Gasteiger charge is 2.14. The van der Waals surface area contributed by atoms with E-state index in [0.717, 1.165) is 30.4 Å². The Kier molecular flexibility index (Phi) is 6.91. The number of nitrogens with zero attached hydrogens (tertiary/aromatic N) is 3. The van der Waals surface area contributed by atoms with E-state index >= 15 is 0 Å². The number of rotatable bonds is 9. The van der Waals surface area contributed by atoms with Crippen molar-refractivity contribution in [1.82, 2.24) is 14.8 Å². The standard InChI is InChI=1S/C13H23N3O2S/c1-4-5-6-7-11-14-15-13(19-9-12(17)18)16(11)8-10(2)3/h10H,4-9H2,1-3H3,(H,17,18). The van der Waals surface area contributed by atoms with Gasteiger partial charge >= 0.3 is 5.97 Å². The van der Waals surface area contributed by atoms with Crippen LogP contribution in [0.25, 0.3) is 0 Å². The van der Waals surface area contributed by atoms with E-state index in [-0.39, 0.29) is 5.75 Å². The number of hydrogen-bond donors (Lipinski definition) is 1. The summed E-state index contributed by atoms with van der Waals surface area (Å²) < 4.78 is 2.08. The number of unbranched alkanes of at least 4 members (excludes halogenated alkanes) is 2. The second-order valence-electron chi connectivity index (χ2n) is 5.04. The van der Waals surface area contributed by atoms with E-state index in [1.807, 2.05) is 0 Å². The molecule has 0 fully saturated rings. The lowest BCUT2D eigenvalue weighted by atomic mass is 10.2. The Labute approximate surface area is 118 Å². The molecule has 0 spiro atoms. The number of carbonyl (C=O) groups is 1. The Morgan fingerprint density at radius 2 is 2.11 bits per heavy atom. The van der Waals surface area contributed by atoms with Gasteiger partial charge in [0.05, 0.1) is 5.75 Å². The number of carboxylic acids is 1. The third-order valence-corrected chi connectivity index (χ3v) is 3.62. The minimum absolute atomic E-state index is 0.0329. The van der Waals surface area contributed by atoms with Gasteiger partial charge in [0.25, 0.3) is 0 Å². The highest BCUT2D eigenvalue weighted by atomic mass is 32.2. The molecule has 1 aromatic rings. The van der Waals surface area contributed by atoms with Gasteiger partial charge in [-0.15, -0.1) is 10.2 Å². The summed E-state index contributed by atoms with van der Waals surface area (Å²) in [6.07, 6.45) is 4.39. The molecule has 0 aliphatic heterocycles.